The Kier molecular flexibility index (Phi) is 5.95. The number of aryl methyl sites for hydroxylation is 2. The average molecular weight is 468 g/mol. The molecule has 0 bridgehead atoms. The second kappa shape index (κ2) is 8.76. The van der Waals surface area contributed by atoms with Crippen molar-refractivity contribution >= 4 is 21.7 Å². The average Bonchev–Trinajstić information content (AvgIpc) is 3.18. The van der Waals surface area contributed by atoms with E-state index >= 15 is 0 Å². The zero-order valence-electron chi connectivity index (χ0n) is 19.3. The van der Waals surface area contributed by atoms with Crippen LogP contribution in [0, 0.1) is 0 Å². The molecule has 0 aromatic heterocycles. The van der Waals surface area contributed by atoms with Gasteiger partial charge in [-0.25, -0.2) is 17.9 Å². The summed E-state index contributed by atoms with van der Waals surface area (Å²) in [5.41, 5.74) is 6.65. The van der Waals surface area contributed by atoms with Gasteiger partial charge in [0.25, 0.3) is 0 Å². The second-order valence-electron chi connectivity index (χ2n) is 9.77. The molecule has 0 aliphatic heterocycles. The number of hydrogen-bond donors (Lipinski definition) is 2. The fourth-order valence-corrected chi connectivity index (χ4v) is 7.34. The molecule has 2 amide bonds. The lowest BCUT2D eigenvalue weighted by atomic mass is 9.99. The van der Waals surface area contributed by atoms with Crippen LogP contribution >= 0.6 is 0 Å². The van der Waals surface area contributed by atoms with E-state index in [9.17, 15) is 13.2 Å². The summed E-state index contributed by atoms with van der Waals surface area (Å²) in [6, 6.07) is 11.8. The van der Waals surface area contributed by atoms with E-state index < -0.39 is 21.6 Å². The summed E-state index contributed by atoms with van der Waals surface area (Å²) in [7, 11) is -3.78. The number of sulfonamides is 1. The van der Waals surface area contributed by atoms with Crippen molar-refractivity contribution in [1.82, 2.24) is 9.62 Å². The lowest BCUT2D eigenvalue weighted by Gasteiger charge is -2.31. The third-order valence-electron chi connectivity index (χ3n) is 7.51. The summed E-state index contributed by atoms with van der Waals surface area (Å²) >= 11 is 0. The van der Waals surface area contributed by atoms with Crippen LogP contribution in [-0.4, -0.2) is 37.2 Å². The highest BCUT2D eigenvalue weighted by molar-refractivity contribution is 7.90. The van der Waals surface area contributed by atoms with Crippen molar-refractivity contribution in [3.8, 4) is 0 Å². The number of nitrogens with one attached hydrogen (secondary N) is 2. The molecule has 3 aliphatic rings. The highest BCUT2D eigenvalue weighted by atomic mass is 32.2. The minimum atomic E-state index is -3.78. The third kappa shape index (κ3) is 4.66. The Morgan fingerprint density at radius 3 is 2.21 bits per heavy atom. The van der Waals surface area contributed by atoms with Gasteiger partial charge in [0, 0.05) is 17.8 Å². The lowest BCUT2D eigenvalue weighted by Crippen LogP contribution is -2.46. The first-order valence-corrected chi connectivity index (χ1v) is 13.8. The predicted molar refractivity (Wildman–Crippen MR) is 131 cm³/mol. The van der Waals surface area contributed by atoms with Crippen molar-refractivity contribution < 1.29 is 13.2 Å². The first-order valence-electron chi connectivity index (χ1n) is 12.2. The number of carbonyl (C=O) groups is 1. The first-order chi connectivity index (χ1) is 15.9. The Morgan fingerprint density at radius 2 is 1.64 bits per heavy atom. The Hall–Kier alpha value is -2.38. The standard InChI is InChI=1S/C26H33N3O3S/c1-2-29(17-19-8-4-3-5-9-19)26(14-15-26)18-33(31,32)28-25(30)27-24-22-12-6-10-20(22)16-21-11-7-13-23(21)24/h3-5,8-9,16H,2,6-7,10-15,17-18H2,1H3,(H2,27,28,30). The highest BCUT2D eigenvalue weighted by Crippen LogP contribution is 2.43. The largest absolute Gasteiger partial charge is 0.332 e. The van der Waals surface area contributed by atoms with Gasteiger partial charge in [0.2, 0.25) is 10.0 Å². The molecule has 0 atom stereocenters. The molecule has 0 saturated heterocycles. The van der Waals surface area contributed by atoms with Gasteiger partial charge >= 0.3 is 6.03 Å². The van der Waals surface area contributed by atoms with Crippen LogP contribution in [0.3, 0.4) is 0 Å². The van der Waals surface area contributed by atoms with E-state index in [1.807, 2.05) is 18.2 Å². The molecule has 0 radical (unpaired) electrons. The summed E-state index contributed by atoms with van der Waals surface area (Å²) in [5, 5.41) is 2.95. The summed E-state index contributed by atoms with van der Waals surface area (Å²) < 4.78 is 28.4. The van der Waals surface area contributed by atoms with Crippen LogP contribution < -0.4 is 10.0 Å². The molecule has 33 heavy (non-hydrogen) atoms. The van der Waals surface area contributed by atoms with Crippen molar-refractivity contribution in [3.63, 3.8) is 0 Å². The first kappa shape index (κ1) is 22.4. The zero-order valence-corrected chi connectivity index (χ0v) is 20.1. The van der Waals surface area contributed by atoms with Gasteiger partial charge in [-0.3, -0.25) is 4.90 Å². The van der Waals surface area contributed by atoms with Crippen LogP contribution in [0.15, 0.2) is 36.4 Å². The van der Waals surface area contributed by atoms with Gasteiger partial charge in [-0.05, 0) is 85.7 Å². The number of amides is 2. The molecule has 2 aromatic carbocycles. The molecule has 2 N–H and O–H groups in total. The van der Waals surface area contributed by atoms with E-state index in [2.05, 4.69) is 40.1 Å². The third-order valence-corrected chi connectivity index (χ3v) is 8.93. The number of urea groups is 1. The topological polar surface area (TPSA) is 78.5 Å². The number of rotatable bonds is 8. The Balaban J connectivity index is 1.28. The number of nitrogens with zero attached hydrogens (tertiary/aromatic N) is 1. The van der Waals surface area contributed by atoms with Crippen molar-refractivity contribution in [2.75, 3.05) is 17.6 Å². The smallest absolute Gasteiger partial charge is 0.307 e. The molecular weight excluding hydrogens is 434 g/mol. The van der Waals surface area contributed by atoms with Crippen LogP contribution in [0.1, 0.15) is 60.4 Å². The van der Waals surface area contributed by atoms with Crippen LogP contribution in [-0.2, 0) is 42.3 Å². The molecular formula is C26H33N3O3S. The molecule has 2 aromatic rings. The quantitative estimate of drug-likeness (QED) is 0.611. The Bertz CT molecular complexity index is 1120. The van der Waals surface area contributed by atoms with E-state index in [1.54, 1.807) is 0 Å². The maximum absolute atomic E-state index is 13.0. The Labute approximate surface area is 196 Å². The van der Waals surface area contributed by atoms with Gasteiger partial charge in [0.15, 0.2) is 0 Å². The van der Waals surface area contributed by atoms with Gasteiger partial charge in [-0.2, -0.15) is 0 Å². The molecule has 6 nitrogen and oxygen atoms in total. The summed E-state index contributed by atoms with van der Waals surface area (Å²) in [6.07, 6.45) is 7.79. The van der Waals surface area contributed by atoms with Crippen molar-refractivity contribution in [2.24, 2.45) is 0 Å². The zero-order chi connectivity index (χ0) is 23.1. The molecule has 5 rings (SSSR count). The van der Waals surface area contributed by atoms with E-state index in [-0.39, 0.29) is 5.75 Å². The van der Waals surface area contributed by atoms with Crippen LogP contribution in [0.2, 0.25) is 0 Å². The van der Waals surface area contributed by atoms with Crippen molar-refractivity contribution in [1.29, 1.82) is 0 Å². The van der Waals surface area contributed by atoms with Gasteiger partial charge in [0.1, 0.15) is 0 Å². The molecule has 7 heteroatoms. The normalized spacial score (nSPS) is 18.1. The van der Waals surface area contributed by atoms with Crippen LogP contribution in [0.25, 0.3) is 0 Å². The molecule has 0 spiro atoms. The Morgan fingerprint density at radius 1 is 1.00 bits per heavy atom. The number of hydrogen-bond acceptors (Lipinski definition) is 4. The number of fused-ring (bicyclic) bond motifs is 2. The van der Waals surface area contributed by atoms with E-state index in [4.69, 9.17) is 0 Å². The maximum Gasteiger partial charge on any atom is 0.332 e. The molecule has 1 fully saturated rings. The molecule has 176 valence electrons. The van der Waals surface area contributed by atoms with Gasteiger partial charge in [0.05, 0.1) is 5.75 Å². The molecule has 0 heterocycles. The maximum atomic E-state index is 13.0. The number of benzene rings is 2. The van der Waals surface area contributed by atoms with Crippen molar-refractivity contribution in [3.05, 3.63) is 64.2 Å². The summed E-state index contributed by atoms with van der Waals surface area (Å²) in [5.74, 6) is -0.0565. The summed E-state index contributed by atoms with van der Waals surface area (Å²) in [4.78, 5) is 15.1. The van der Waals surface area contributed by atoms with Crippen LogP contribution in [0.4, 0.5) is 10.5 Å². The minimum Gasteiger partial charge on any atom is -0.307 e. The highest BCUT2D eigenvalue weighted by Gasteiger charge is 2.50. The summed E-state index contributed by atoms with van der Waals surface area (Å²) in [6.45, 7) is 3.53. The fraction of sp³-hybridized carbons (Fsp3) is 0.500. The number of carbonyl (C=O) groups excluding carboxylic acids is 1. The van der Waals surface area contributed by atoms with Gasteiger partial charge < -0.3 is 5.32 Å². The van der Waals surface area contributed by atoms with Gasteiger partial charge in [-0.1, -0.05) is 43.3 Å². The van der Waals surface area contributed by atoms with E-state index in [0.29, 0.717) is 6.54 Å². The SMILES string of the molecule is CCN(Cc1ccccc1)C1(CS(=O)(=O)NC(=O)Nc2c3c(cc4c2CCC4)CCC3)CC1. The molecule has 3 aliphatic carbocycles. The van der Waals surface area contributed by atoms with Gasteiger partial charge in [-0.15, -0.1) is 0 Å². The predicted octanol–water partition coefficient (Wildman–Crippen LogP) is 4.17. The fourth-order valence-electron chi connectivity index (χ4n) is 5.75. The monoisotopic (exact) mass is 467 g/mol. The van der Waals surface area contributed by atoms with E-state index in [1.165, 1.54) is 27.8 Å². The lowest BCUT2D eigenvalue weighted by molar-refractivity contribution is 0.194. The second-order valence-corrected chi connectivity index (χ2v) is 11.5. The molecule has 1 saturated carbocycles. The van der Waals surface area contributed by atoms with E-state index in [0.717, 1.165) is 63.6 Å². The molecule has 0 unspecified atom stereocenters. The minimum absolute atomic E-state index is 0.0565. The number of anilines is 1. The van der Waals surface area contributed by atoms with Crippen LogP contribution in [0.5, 0.6) is 0 Å². The van der Waals surface area contributed by atoms with Crippen molar-refractivity contribution in [2.45, 2.75) is 70.4 Å².